The maximum absolute atomic E-state index is 13.6. The summed E-state index contributed by atoms with van der Waals surface area (Å²) in [5, 5.41) is 0.709. The molecule has 1 aliphatic heterocycles. The number of sulfone groups is 1. The normalized spacial score (nSPS) is 15.9. The van der Waals surface area contributed by atoms with Crippen molar-refractivity contribution in [3.05, 3.63) is 81.6 Å². The number of carbonyl (C=O) groups is 1. The average Bonchev–Trinajstić information content (AvgIpc) is 3.49. The summed E-state index contributed by atoms with van der Waals surface area (Å²) in [4.78, 5) is 19.6. The van der Waals surface area contributed by atoms with Gasteiger partial charge in [0.15, 0.2) is 0 Å². The molecule has 1 aliphatic rings. The fourth-order valence-electron chi connectivity index (χ4n) is 4.47. The van der Waals surface area contributed by atoms with Gasteiger partial charge in [-0.1, -0.05) is 67.4 Å². The molecule has 198 valence electrons. The van der Waals surface area contributed by atoms with Crippen LogP contribution in [0.15, 0.2) is 59.9 Å². The predicted molar refractivity (Wildman–Crippen MR) is 145 cm³/mol. The molecule has 1 aromatic heterocycles. The summed E-state index contributed by atoms with van der Waals surface area (Å²) < 4.78 is 34.3. The Bertz CT molecular complexity index is 1340. The molecule has 1 amide bonds. The van der Waals surface area contributed by atoms with Crippen molar-refractivity contribution in [2.24, 2.45) is 5.92 Å². The predicted octanol–water partition coefficient (Wildman–Crippen LogP) is 5.64. The third kappa shape index (κ3) is 6.93. The van der Waals surface area contributed by atoms with Crippen molar-refractivity contribution in [3.63, 3.8) is 0 Å². The number of aromatic nitrogens is 2. The van der Waals surface area contributed by atoms with Crippen LogP contribution in [0.2, 0.25) is 10.0 Å². The number of amides is 1. The van der Waals surface area contributed by atoms with Crippen LogP contribution in [0.1, 0.15) is 48.3 Å². The molecule has 0 aliphatic carbocycles. The summed E-state index contributed by atoms with van der Waals surface area (Å²) in [6.45, 7) is 5.65. The van der Waals surface area contributed by atoms with Crippen molar-refractivity contribution in [3.8, 4) is 0 Å². The van der Waals surface area contributed by atoms with E-state index in [1.807, 2.05) is 32.0 Å². The molecule has 2 aromatic carbocycles. The van der Waals surface area contributed by atoms with Gasteiger partial charge in [0.2, 0.25) is 15.0 Å². The lowest BCUT2D eigenvalue weighted by Gasteiger charge is -2.27. The number of ether oxygens (including phenoxy) is 1. The van der Waals surface area contributed by atoms with Crippen molar-refractivity contribution in [2.75, 3.05) is 13.2 Å². The van der Waals surface area contributed by atoms with Gasteiger partial charge < -0.3 is 14.2 Å². The lowest BCUT2D eigenvalue weighted by atomic mass is 10.1. The zero-order valence-corrected chi connectivity index (χ0v) is 23.3. The summed E-state index contributed by atoms with van der Waals surface area (Å²) in [6.07, 6.45) is 3.24. The molecule has 0 bridgehead atoms. The number of hydrogen-bond acceptors (Lipinski definition) is 5. The van der Waals surface area contributed by atoms with E-state index in [0.717, 1.165) is 12.8 Å². The highest BCUT2D eigenvalue weighted by molar-refractivity contribution is 7.90. The SMILES string of the molecule is CC(C)Cn1c(CN(C[C@@H]2CCCO2)C(=O)c2ccc(Cl)cc2Cl)cnc1S(=O)(=O)Cc1ccccc1. The van der Waals surface area contributed by atoms with Crippen LogP contribution in [-0.4, -0.2) is 48.0 Å². The zero-order chi connectivity index (χ0) is 26.6. The largest absolute Gasteiger partial charge is 0.376 e. The van der Waals surface area contributed by atoms with Crippen LogP contribution in [-0.2, 0) is 33.4 Å². The van der Waals surface area contributed by atoms with Crippen LogP contribution in [0.25, 0.3) is 0 Å². The van der Waals surface area contributed by atoms with Crippen LogP contribution in [0.5, 0.6) is 0 Å². The van der Waals surface area contributed by atoms with E-state index in [9.17, 15) is 13.2 Å². The van der Waals surface area contributed by atoms with E-state index < -0.39 is 9.84 Å². The Hall–Kier alpha value is -2.39. The van der Waals surface area contributed by atoms with Gasteiger partial charge in [0.25, 0.3) is 5.91 Å². The van der Waals surface area contributed by atoms with Crippen molar-refractivity contribution in [2.45, 2.75) is 56.8 Å². The fourth-order valence-corrected chi connectivity index (χ4v) is 6.46. The summed E-state index contributed by atoms with van der Waals surface area (Å²) in [7, 11) is -3.72. The molecule has 0 N–H and O–H groups in total. The second-order valence-corrected chi connectivity index (χ2v) is 12.5. The monoisotopic (exact) mass is 563 g/mol. The standard InChI is InChI=1S/C27H31Cl2N3O4S/c1-19(2)15-32-22(14-30-27(32)37(34,35)18-20-7-4-3-5-8-20)16-31(17-23-9-6-12-36-23)26(33)24-11-10-21(28)13-25(24)29/h3-5,7-8,10-11,13-14,19,23H,6,9,12,15-18H2,1-2H3/t23-/m0/s1. The first-order valence-corrected chi connectivity index (χ1v) is 14.7. The van der Waals surface area contributed by atoms with Crippen molar-refractivity contribution in [1.29, 1.82) is 0 Å². The van der Waals surface area contributed by atoms with Crippen molar-refractivity contribution in [1.82, 2.24) is 14.5 Å². The third-order valence-corrected chi connectivity index (χ3v) is 8.32. The van der Waals surface area contributed by atoms with E-state index >= 15 is 0 Å². The molecule has 3 aromatic rings. The minimum atomic E-state index is -3.72. The van der Waals surface area contributed by atoms with Crippen LogP contribution in [0, 0.1) is 5.92 Å². The summed E-state index contributed by atoms with van der Waals surface area (Å²) >= 11 is 12.4. The van der Waals surface area contributed by atoms with Gasteiger partial charge in [0, 0.05) is 24.7 Å². The van der Waals surface area contributed by atoms with Gasteiger partial charge in [-0.2, -0.15) is 0 Å². The third-order valence-electron chi connectivity index (χ3n) is 6.18. The van der Waals surface area contributed by atoms with E-state index in [-0.39, 0.29) is 40.4 Å². The van der Waals surface area contributed by atoms with Gasteiger partial charge in [-0.25, -0.2) is 13.4 Å². The van der Waals surface area contributed by atoms with E-state index in [2.05, 4.69) is 4.98 Å². The number of halogens is 2. The van der Waals surface area contributed by atoms with Crippen LogP contribution in [0.3, 0.4) is 0 Å². The minimum absolute atomic E-state index is 0.00842. The molecule has 1 saturated heterocycles. The Morgan fingerprint density at radius 2 is 1.95 bits per heavy atom. The highest BCUT2D eigenvalue weighted by atomic mass is 35.5. The number of carbonyl (C=O) groups excluding carboxylic acids is 1. The molecule has 0 unspecified atom stereocenters. The number of rotatable bonds is 10. The molecule has 0 radical (unpaired) electrons. The average molecular weight is 565 g/mol. The van der Waals surface area contributed by atoms with Gasteiger partial charge in [-0.3, -0.25) is 4.79 Å². The Kier molecular flexibility index (Phi) is 8.95. The van der Waals surface area contributed by atoms with E-state index in [0.29, 0.717) is 41.5 Å². The minimum Gasteiger partial charge on any atom is -0.376 e. The highest BCUT2D eigenvalue weighted by Crippen LogP contribution is 2.26. The number of benzene rings is 2. The summed E-state index contributed by atoms with van der Waals surface area (Å²) in [5.41, 5.74) is 1.66. The van der Waals surface area contributed by atoms with Crippen LogP contribution >= 0.6 is 23.2 Å². The molecule has 1 fully saturated rings. The molecule has 2 heterocycles. The van der Waals surface area contributed by atoms with Gasteiger partial charge in [0.1, 0.15) is 0 Å². The van der Waals surface area contributed by atoms with Gasteiger partial charge in [0.05, 0.1) is 40.9 Å². The molecule has 0 saturated carbocycles. The maximum atomic E-state index is 13.6. The van der Waals surface area contributed by atoms with Crippen molar-refractivity contribution < 1.29 is 17.9 Å². The van der Waals surface area contributed by atoms with Crippen molar-refractivity contribution >= 4 is 38.9 Å². The van der Waals surface area contributed by atoms with Gasteiger partial charge in [-0.05, 0) is 42.5 Å². The van der Waals surface area contributed by atoms with E-state index in [4.69, 9.17) is 27.9 Å². The molecule has 10 heteroatoms. The van der Waals surface area contributed by atoms with Crippen LogP contribution in [0.4, 0.5) is 0 Å². The number of nitrogens with zero attached hydrogens (tertiary/aromatic N) is 3. The number of imidazole rings is 1. The smallest absolute Gasteiger partial charge is 0.255 e. The Balaban J connectivity index is 1.68. The Labute approximate surface area is 228 Å². The molecular formula is C27H31Cl2N3O4S. The Morgan fingerprint density at radius 1 is 1.19 bits per heavy atom. The van der Waals surface area contributed by atoms with Gasteiger partial charge in [-0.15, -0.1) is 0 Å². The quantitative estimate of drug-likeness (QED) is 0.318. The lowest BCUT2D eigenvalue weighted by Crippen LogP contribution is -2.37. The second-order valence-electron chi connectivity index (χ2n) is 9.73. The summed E-state index contributed by atoms with van der Waals surface area (Å²) in [5.74, 6) is -0.267. The molecular weight excluding hydrogens is 533 g/mol. The Morgan fingerprint density at radius 3 is 2.59 bits per heavy atom. The molecule has 37 heavy (non-hydrogen) atoms. The van der Waals surface area contributed by atoms with E-state index in [1.165, 1.54) is 6.07 Å². The second kappa shape index (κ2) is 12.0. The lowest BCUT2D eigenvalue weighted by molar-refractivity contribution is 0.0501. The zero-order valence-electron chi connectivity index (χ0n) is 20.9. The van der Waals surface area contributed by atoms with Gasteiger partial charge >= 0.3 is 0 Å². The van der Waals surface area contributed by atoms with E-state index in [1.54, 1.807) is 39.9 Å². The molecule has 0 spiro atoms. The topological polar surface area (TPSA) is 81.5 Å². The first-order chi connectivity index (χ1) is 17.6. The molecule has 1 atom stereocenters. The maximum Gasteiger partial charge on any atom is 0.255 e. The van der Waals surface area contributed by atoms with Crippen LogP contribution < -0.4 is 0 Å². The highest BCUT2D eigenvalue weighted by Gasteiger charge is 2.29. The number of hydrogen-bond donors (Lipinski definition) is 0. The first-order valence-electron chi connectivity index (χ1n) is 12.3. The molecule has 7 nitrogen and oxygen atoms in total. The fraction of sp³-hybridized carbons (Fsp3) is 0.407. The first kappa shape index (κ1) is 27.6. The molecule has 4 rings (SSSR count). The summed E-state index contributed by atoms with van der Waals surface area (Å²) in [6, 6.07) is 13.8.